The van der Waals surface area contributed by atoms with E-state index in [-0.39, 0.29) is 17.1 Å². The minimum Gasteiger partial charge on any atom is -0.399 e. The number of carbonyl (C=O) groups excluding carboxylic acids is 1. The highest BCUT2D eigenvalue weighted by molar-refractivity contribution is 6.28. The molecule has 2 rings (SSSR count). The maximum Gasteiger partial charge on any atom is 0.232 e. The predicted octanol–water partition coefficient (Wildman–Crippen LogP) is 2.45. The molecule has 0 fully saturated rings. The van der Waals surface area contributed by atoms with Gasteiger partial charge in [0.15, 0.2) is 0 Å². The number of rotatable bonds is 3. The van der Waals surface area contributed by atoms with Crippen LogP contribution in [0.1, 0.15) is 18.4 Å². The fraction of sp³-hybridized carbons (Fsp3) is 0.154. The maximum atomic E-state index is 12.1. The summed E-state index contributed by atoms with van der Waals surface area (Å²) < 4.78 is 0. The molecule has 0 aliphatic carbocycles. The standard InChI is InChI=1S/C13H13ClN4O/c1-8(9-3-2-4-10(15)7-9)12(19)17-11-5-6-16-13(14)18-11/h2-8H,15H2,1H3,(H,16,17,18,19). The first-order chi connectivity index (χ1) is 9.06. The topological polar surface area (TPSA) is 80.9 Å². The number of hydrogen-bond donors (Lipinski definition) is 2. The monoisotopic (exact) mass is 276 g/mol. The van der Waals surface area contributed by atoms with Crippen molar-refractivity contribution >= 4 is 29.0 Å². The number of nitrogens with two attached hydrogens (primary N) is 1. The van der Waals surface area contributed by atoms with Crippen molar-refractivity contribution in [2.24, 2.45) is 0 Å². The van der Waals surface area contributed by atoms with E-state index < -0.39 is 0 Å². The van der Waals surface area contributed by atoms with Crippen molar-refractivity contribution in [3.05, 3.63) is 47.4 Å². The van der Waals surface area contributed by atoms with Crippen LogP contribution >= 0.6 is 11.6 Å². The summed E-state index contributed by atoms with van der Waals surface area (Å²) in [7, 11) is 0. The van der Waals surface area contributed by atoms with E-state index in [0.717, 1.165) is 5.56 Å². The summed E-state index contributed by atoms with van der Waals surface area (Å²) >= 11 is 5.66. The molecule has 3 N–H and O–H groups in total. The minimum atomic E-state index is -0.336. The molecule has 0 saturated carbocycles. The summed E-state index contributed by atoms with van der Waals surface area (Å²) in [5.74, 6) is -0.140. The van der Waals surface area contributed by atoms with E-state index in [1.165, 1.54) is 6.20 Å². The lowest BCUT2D eigenvalue weighted by molar-refractivity contribution is -0.117. The number of nitrogen functional groups attached to an aromatic ring is 1. The first-order valence-corrected chi connectivity index (χ1v) is 6.09. The first kappa shape index (κ1) is 13.3. The van der Waals surface area contributed by atoms with Crippen LogP contribution in [0.25, 0.3) is 0 Å². The Morgan fingerprint density at radius 1 is 1.42 bits per heavy atom. The molecule has 0 saturated heterocycles. The molecule has 1 heterocycles. The fourth-order valence-electron chi connectivity index (χ4n) is 1.62. The summed E-state index contributed by atoms with van der Waals surface area (Å²) in [4.78, 5) is 19.7. The van der Waals surface area contributed by atoms with Gasteiger partial charge in [0.1, 0.15) is 5.82 Å². The van der Waals surface area contributed by atoms with E-state index in [4.69, 9.17) is 17.3 Å². The third-order valence-corrected chi connectivity index (χ3v) is 2.86. The van der Waals surface area contributed by atoms with Crippen LogP contribution in [0.4, 0.5) is 11.5 Å². The van der Waals surface area contributed by atoms with E-state index in [2.05, 4.69) is 15.3 Å². The molecule has 1 atom stereocenters. The Hall–Kier alpha value is -2.14. The molecule has 98 valence electrons. The van der Waals surface area contributed by atoms with Crippen LogP contribution in [0.3, 0.4) is 0 Å². The zero-order valence-electron chi connectivity index (χ0n) is 10.3. The summed E-state index contributed by atoms with van der Waals surface area (Å²) in [5.41, 5.74) is 7.17. The SMILES string of the molecule is CC(C(=O)Nc1ccnc(Cl)n1)c1cccc(N)c1. The average molecular weight is 277 g/mol. The molecule has 2 aromatic rings. The third-order valence-electron chi connectivity index (χ3n) is 2.68. The van der Waals surface area contributed by atoms with Gasteiger partial charge in [0.25, 0.3) is 0 Å². The number of aromatic nitrogens is 2. The Morgan fingerprint density at radius 2 is 2.21 bits per heavy atom. The van der Waals surface area contributed by atoms with Crippen molar-refractivity contribution in [1.82, 2.24) is 9.97 Å². The van der Waals surface area contributed by atoms with Crippen molar-refractivity contribution < 1.29 is 4.79 Å². The number of nitrogens with one attached hydrogen (secondary N) is 1. The highest BCUT2D eigenvalue weighted by Gasteiger charge is 2.16. The molecule has 19 heavy (non-hydrogen) atoms. The largest absolute Gasteiger partial charge is 0.399 e. The number of benzene rings is 1. The highest BCUT2D eigenvalue weighted by Crippen LogP contribution is 2.19. The molecule has 6 heteroatoms. The predicted molar refractivity (Wildman–Crippen MR) is 74.9 cm³/mol. The van der Waals surface area contributed by atoms with E-state index in [1.807, 2.05) is 12.1 Å². The zero-order valence-corrected chi connectivity index (χ0v) is 11.1. The van der Waals surface area contributed by atoms with E-state index in [9.17, 15) is 4.79 Å². The summed E-state index contributed by atoms with van der Waals surface area (Å²) in [6.07, 6.45) is 1.48. The normalized spacial score (nSPS) is 11.9. The van der Waals surface area contributed by atoms with Crippen molar-refractivity contribution in [3.63, 3.8) is 0 Å². The molecule has 0 aliphatic rings. The maximum absolute atomic E-state index is 12.1. The number of nitrogens with zero attached hydrogens (tertiary/aromatic N) is 2. The first-order valence-electron chi connectivity index (χ1n) is 5.71. The van der Waals surface area contributed by atoms with Crippen LogP contribution in [0.15, 0.2) is 36.5 Å². The highest BCUT2D eigenvalue weighted by atomic mass is 35.5. The smallest absolute Gasteiger partial charge is 0.232 e. The minimum absolute atomic E-state index is 0.0920. The molecule has 0 spiro atoms. The average Bonchev–Trinajstić information content (AvgIpc) is 2.38. The van der Waals surface area contributed by atoms with Crippen molar-refractivity contribution in [1.29, 1.82) is 0 Å². The number of hydrogen-bond acceptors (Lipinski definition) is 4. The molecule has 0 radical (unpaired) electrons. The molecule has 1 unspecified atom stereocenters. The molecule has 1 aromatic carbocycles. The Kier molecular flexibility index (Phi) is 3.97. The number of anilines is 2. The lowest BCUT2D eigenvalue weighted by atomic mass is 10.00. The van der Waals surface area contributed by atoms with Crippen LogP contribution in [-0.2, 0) is 4.79 Å². The van der Waals surface area contributed by atoms with Gasteiger partial charge in [-0.15, -0.1) is 0 Å². The summed E-state index contributed by atoms with van der Waals surface area (Å²) in [6, 6.07) is 8.80. The number of carbonyl (C=O) groups is 1. The van der Waals surface area contributed by atoms with Crippen molar-refractivity contribution in [2.45, 2.75) is 12.8 Å². The van der Waals surface area contributed by atoms with Crippen molar-refractivity contribution in [2.75, 3.05) is 11.1 Å². The van der Waals surface area contributed by atoms with Crippen LogP contribution in [-0.4, -0.2) is 15.9 Å². The van der Waals surface area contributed by atoms with E-state index in [1.54, 1.807) is 25.1 Å². The Morgan fingerprint density at radius 3 is 2.89 bits per heavy atom. The Labute approximate surface area is 115 Å². The van der Waals surface area contributed by atoms with Gasteiger partial charge in [0, 0.05) is 11.9 Å². The number of amides is 1. The van der Waals surface area contributed by atoms with Gasteiger partial charge in [-0.2, -0.15) is 0 Å². The Bertz CT molecular complexity index is 603. The van der Waals surface area contributed by atoms with E-state index in [0.29, 0.717) is 11.5 Å². The molecule has 1 aromatic heterocycles. The van der Waals surface area contributed by atoms with Gasteiger partial charge in [-0.3, -0.25) is 4.79 Å². The third kappa shape index (κ3) is 3.42. The van der Waals surface area contributed by atoms with Crippen LogP contribution in [0.2, 0.25) is 5.28 Å². The molecular formula is C13H13ClN4O. The second kappa shape index (κ2) is 5.67. The van der Waals surface area contributed by atoms with Gasteiger partial charge in [-0.05, 0) is 42.3 Å². The van der Waals surface area contributed by atoms with Gasteiger partial charge in [-0.25, -0.2) is 9.97 Å². The van der Waals surface area contributed by atoms with Crippen molar-refractivity contribution in [3.8, 4) is 0 Å². The van der Waals surface area contributed by atoms with Gasteiger partial charge in [0.2, 0.25) is 11.2 Å². The van der Waals surface area contributed by atoms with Gasteiger partial charge in [0.05, 0.1) is 5.92 Å². The molecule has 0 aliphatic heterocycles. The molecular weight excluding hydrogens is 264 g/mol. The fourth-order valence-corrected chi connectivity index (χ4v) is 1.77. The summed E-state index contributed by atoms with van der Waals surface area (Å²) in [5, 5.41) is 2.78. The van der Waals surface area contributed by atoms with Gasteiger partial charge >= 0.3 is 0 Å². The second-order valence-corrected chi connectivity index (χ2v) is 4.43. The van der Waals surface area contributed by atoms with Crippen LogP contribution in [0, 0.1) is 0 Å². The van der Waals surface area contributed by atoms with Gasteiger partial charge < -0.3 is 11.1 Å². The molecule has 1 amide bonds. The zero-order chi connectivity index (χ0) is 13.8. The quantitative estimate of drug-likeness (QED) is 0.666. The van der Waals surface area contributed by atoms with Crippen LogP contribution in [0.5, 0.6) is 0 Å². The van der Waals surface area contributed by atoms with Crippen LogP contribution < -0.4 is 11.1 Å². The molecule has 0 bridgehead atoms. The molecule has 5 nitrogen and oxygen atoms in total. The summed E-state index contributed by atoms with van der Waals surface area (Å²) in [6.45, 7) is 1.80. The second-order valence-electron chi connectivity index (χ2n) is 4.09. The Balaban J connectivity index is 2.12. The lowest BCUT2D eigenvalue weighted by Gasteiger charge is -2.12. The van der Waals surface area contributed by atoms with E-state index >= 15 is 0 Å². The van der Waals surface area contributed by atoms with Gasteiger partial charge in [-0.1, -0.05) is 12.1 Å². The lowest BCUT2D eigenvalue weighted by Crippen LogP contribution is -2.19. The number of halogens is 1.